The van der Waals surface area contributed by atoms with E-state index in [1.54, 1.807) is 0 Å². The van der Waals surface area contributed by atoms with Crippen LogP contribution in [0.25, 0.3) is 5.52 Å². The van der Waals surface area contributed by atoms with Crippen molar-refractivity contribution in [3.8, 4) is 0 Å². The number of alkyl halides is 3. The van der Waals surface area contributed by atoms with Gasteiger partial charge < -0.3 is 9.88 Å². The number of likely N-dealkylation sites (tertiary alicyclic amines) is 2. The molecule has 0 radical (unpaired) electrons. The number of hydrogen-bond acceptors (Lipinski definition) is 4. The van der Waals surface area contributed by atoms with Crippen molar-refractivity contribution in [2.24, 2.45) is 0 Å². The third-order valence-corrected chi connectivity index (χ3v) is 8.93. The molecule has 1 aromatic carbocycles. The highest BCUT2D eigenvalue weighted by molar-refractivity contribution is 6.42. The van der Waals surface area contributed by atoms with E-state index in [4.69, 9.17) is 28.0 Å². The minimum Gasteiger partial charge on any atom is -0.338 e. The first-order valence-electron chi connectivity index (χ1n) is 13.7. The summed E-state index contributed by atoms with van der Waals surface area (Å²) < 4.78 is 55.4. The van der Waals surface area contributed by atoms with Crippen molar-refractivity contribution in [1.29, 1.82) is 0 Å². The number of carbonyl (C=O) groups is 2. The van der Waals surface area contributed by atoms with Crippen molar-refractivity contribution >= 4 is 40.6 Å². The zero-order valence-corrected chi connectivity index (χ0v) is 24.0. The Morgan fingerprint density at radius 1 is 1.05 bits per heavy atom. The minimum atomic E-state index is -5.10. The number of hydrogen-bond donors (Lipinski definition) is 1. The molecule has 2 fully saturated rings. The third kappa shape index (κ3) is 6.02. The number of aromatic amines is 1. The second kappa shape index (κ2) is 11.9. The molecule has 8 nitrogen and oxygen atoms in total. The van der Waals surface area contributed by atoms with Crippen LogP contribution >= 0.6 is 23.2 Å². The molecule has 0 spiro atoms. The first-order chi connectivity index (χ1) is 19.9. The molecule has 1 N–H and O–H groups in total. The molecule has 3 aromatic rings. The summed E-state index contributed by atoms with van der Waals surface area (Å²) in [6.45, 7) is 0.918. The van der Waals surface area contributed by atoms with Crippen LogP contribution in [0.2, 0.25) is 10.2 Å². The molecule has 0 bridgehead atoms. The SMILES string of the molecule is O=C(c1cc(Cc2c[nH]c(=O)c3cc(Cl)c(Cl)n23)ccc1F)N1CCC([N+]2(OC(=O)C(F)(F)F)CCCCCC2)CC1. The van der Waals surface area contributed by atoms with Crippen LogP contribution in [0.4, 0.5) is 17.6 Å². The number of hydroxylamine groups is 3. The number of nitrogens with zero attached hydrogens (tertiary/aromatic N) is 3. The molecule has 4 heterocycles. The average molecular weight is 632 g/mol. The second-order valence-corrected chi connectivity index (χ2v) is 11.6. The Hall–Kier alpha value is -3.09. The molecular weight excluding hydrogens is 603 g/mol. The number of fused-ring (bicyclic) bond motifs is 1. The molecule has 0 aliphatic carbocycles. The van der Waals surface area contributed by atoms with Gasteiger partial charge in [-0.2, -0.15) is 13.2 Å². The zero-order valence-electron chi connectivity index (χ0n) is 22.5. The predicted octanol–water partition coefficient (Wildman–Crippen LogP) is 5.68. The third-order valence-electron chi connectivity index (χ3n) is 8.17. The van der Waals surface area contributed by atoms with E-state index >= 15 is 0 Å². The molecule has 2 aromatic heterocycles. The number of nitrogens with one attached hydrogen (secondary N) is 1. The van der Waals surface area contributed by atoms with Gasteiger partial charge in [0.1, 0.15) is 35.6 Å². The number of rotatable bonds is 5. The molecule has 42 heavy (non-hydrogen) atoms. The summed E-state index contributed by atoms with van der Waals surface area (Å²) in [6, 6.07) is 5.19. The quantitative estimate of drug-likeness (QED) is 0.290. The first kappa shape index (κ1) is 30.4. The number of halogens is 6. The maximum atomic E-state index is 14.9. The lowest BCUT2D eigenvalue weighted by Crippen LogP contribution is -2.61. The highest BCUT2D eigenvalue weighted by Gasteiger charge is 2.51. The summed E-state index contributed by atoms with van der Waals surface area (Å²) in [6.07, 6.45) is 0.118. The molecule has 2 aliphatic rings. The number of H-pyrrole nitrogens is 1. The molecule has 0 unspecified atom stereocenters. The number of benzene rings is 1. The van der Waals surface area contributed by atoms with Gasteiger partial charge in [0, 0.05) is 57.1 Å². The molecule has 226 valence electrons. The summed E-state index contributed by atoms with van der Waals surface area (Å²) in [5, 5.41) is 0.352. The monoisotopic (exact) mass is 631 g/mol. The molecular formula is C28H29Cl2F4N4O4+. The van der Waals surface area contributed by atoms with Crippen LogP contribution < -0.4 is 5.56 Å². The van der Waals surface area contributed by atoms with E-state index in [9.17, 15) is 31.9 Å². The van der Waals surface area contributed by atoms with Gasteiger partial charge in [-0.05, 0) is 36.6 Å². The lowest BCUT2D eigenvalue weighted by molar-refractivity contribution is -1.11. The highest BCUT2D eigenvalue weighted by atomic mass is 35.5. The van der Waals surface area contributed by atoms with E-state index < -0.39 is 34.6 Å². The molecule has 0 atom stereocenters. The van der Waals surface area contributed by atoms with Crippen molar-refractivity contribution in [3.63, 3.8) is 0 Å². The number of quaternary nitrogens is 1. The Labute approximate surface area is 248 Å². The Balaban J connectivity index is 1.33. The Morgan fingerprint density at radius 3 is 2.36 bits per heavy atom. The predicted molar refractivity (Wildman–Crippen MR) is 147 cm³/mol. The van der Waals surface area contributed by atoms with Gasteiger partial charge in [-0.15, -0.1) is 4.65 Å². The fourth-order valence-corrected chi connectivity index (χ4v) is 6.50. The molecule has 14 heteroatoms. The lowest BCUT2D eigenvalue weighted by Gasteiger charge is -2.43. The molecule has 2 saturated heterocycles. The van der Waals surface area contributed by atoms with Gasteiger partial charge in [0.25, 0.3) is 11.5 Å². The van der Waals surface area contributed by atoms with Crippen LogP contribution in [0.1, 0.15) is 60.1 Å². The zero-order chi connectivity index (χ0) is 30.2. The normalized spacial score (nSPS) is 18.2. The van der Waals surface area contributed by atoms with Crippen molar-refractivity contribution < 1.29 is 36.6 Å². The number of carbonyl (C=O) groups excluding carboxylic acids is 2. The standard InChI is InChI=1S/C28H28Cl2F4N4O4/c29-21-15-23-25(39)35-16-18(37(23)24(21)30)13-17-5-6-22(31)20(14-17)26(40)36-9-7-19(8-10-36)38(11-3-1-2-4-12-38)42-27(41)28(32,33)34/h5-6,14-16,19H,1-4,7-13H2/p+1. The van der Waals surface area contributed by atoms with Gasteiger partial charge in [0.2, 0.25) is 0 Å². The van der Waals surface area contributed by atoms with Crippen LogP contribution in [0.15, 0.2) is 35.3 Å². The van der Waals surface area contributed by atoms with Gasteiger partial charge in [-0.3, -0.25) is 18.8 Å². The Morgan fingerprint density at radius 2 is 1.71 bits per heavy atom. The Kier molecular flexibility index (Phi) is 8.60. The summed E-state index contributed by atoms with van der Waals surface area (Å²) in [5.74, 6) is -3.46. The fourth-order valence-electron chi connectivity index (χ4n) is 6.06. The highest BCUT2D eigenvalue weighted by Crippen LogP contribution is 2.33. The van der Waals surface area contributed by atoms with E-state index in [2.05, 4.69) is 4.98 Å². The maximum absolute atomic E-state index is 14.9. The van der Waals surface area contributed by atoms with E-state index in [0.29, 0.717) is 36.9 Å². The van der Waals surface area contributed by atoms with Crippen LogP contribution in [0.5, 0.6) is 0 Å². The number of amides is 1. The second-order valence-electron chi connectivity index (χ2n) is 10.8. The topological polar surface area (TPSA) is 83.9 Å². The minimum absolute atomic E-state index is 0.148. The van der Waals surface area contributed by atoms with E-state index in [1.807, 2.05) is 0 Å². The van der Waals surface area contributed by atoms with Crippen molar-refractivity contribution in [2.45, 2.75) is 57.2 Å². The van der Waals surface area contributed by atoms with Crippen molar-refractivity contribution in [2.75, 3.05) is 26.2 Å². The summed E-state index contributed by atoms with van der Waals surface area (Å²) in [4.78, 5) is 46.7. The summed E-state index contributed by atoms with van der Waals surface area (Å²) in [5.41, 5.74) is 0.854. The maximum Gasteiger partial charge on any atom is 0.497 e. The van der Waals surface area contributed by atoms with Crippen molar-refractivity contribution in [1.82, 2.24) is 14.3 Å². The molecule has 1 amide bonds. The average Bonchev–Trinajstić information content (AvgIpc) is 3.11. The van der Waals surface area contributed by atoms with Gasteiger partial charge in [-0.1, -0.05) is 29.3 Å². The first-order valence-corrected chi connectivity index (χ1v) is 14.5. The Bertz CT molecular complexity index is 1560. The van der Waals surface area contributed by atoms with Gasteiger partial charge >= 0.3 is 12.1 Å². The molecule has 5 rings (SSSR count). The summed E-state index contributed by atoms with van der Waals surface area (Å²) in [7, 11) is 0. The van der Waals surface area contributed by atoms with Crippen LogP contribution in [-0.2, 0) is 16.1 Å². The van der Waals surface area contributed by atoms with E-state index in [1.165, 1.54) is 39.8 Å². The van der Waals surface area contributed by atoms with Crippen LogP contribution in [-0.4, -0.2) is 69.2 Å². The van der Waals surface area contributed by atoms with Crippen LogP contribution in [0.3, 0.4) is 0 Å². The van der Waals surface area contributed by atoms with E-state index in [0.717, 1.165) is 12.8 Å². The largest absolute Gasteiger partial charge is 0.497 e. The van der Waals surface area contributed by atoms with Crippen molar-refractivity contribution in [3.05, 3.63) is 73.6 Å². The van der Waals surface area contributed by atoms with Gasteiger partial charge in [-0.25, -0.2) is 9.18 Å². The lowest BCUT2D eigenvalue weighted by atomic mass is 10.00. The smallest absolute Gasteiger partial charge is 0.338 e. The van der Waals surface area contributed by atoms with Gasteiger partial charge in [0.15, 0.2) is 0 Å². The number of aromatic nitrogens is 2. The van der Waals surface area contributed by atoms with Gasteiger partial charge in [0.05, 0.1) is 10.6 Å². The molecule has 0 saturated carbocycles. The van der Waals surface area contributed by atoms with E-state index in [-0.39, 0.29) is 59.4 Å². The molecule has 2 aliphatic heterocycles. The summed E-state index contributed by atoms with van der Waals surface area (Å²) >= 11 is 12.4. The number of piperidine rings is 1. The van der Waals surface area contributed by atoms with Crippen LogP contribution in [0, 0.1) is 5.82 Å². The fraction of sp³-hybridized carbons (Fsp3) is 0.464.